The van der Waals surface area contributed by atoms with Gasteiger partial charge < -0.3 is 10.5 Å². The Balaban J connectivity index is 2.85. The minimum absolute atomic E-state index is 0.00648. The lowest BCUT2D eigenvalue weighted by Crippen LogP contribution is -2.42. The Hall–Kier alpha value is -1.35. The first kappa shape index (κ1) is 11.7. The summed E-state index contributed by atoms with van der Waals surface area (Å²) in [6.07, 6.45) is 0.313. The van der Waals surface area contributed by atoms with E-state index >= 15 is 0 Å². The predicted octanol–water partition coefficient (Wildman–Crippen LogP) is 1.54. The number of rotatable bonds is 4. The SMILES string of the molecule is COc1ccccc1CC(=O)C(C)(C)N. The fourth-order valence-corrected chi connectivity index (χ4v) is 1.25. The highest BCUT2D eigenvalue weighted by Crippen LogP contribution is 2.19. The van der Waals surface area contributed by atoms with Crippen LogP contribution in [0.4, 0.5) is 0 Å². The van der Waals surface area contributed by atoms with Gasteiger partial charge in [0.05, 0.1) is 12.6 Å². The van der Waals surface area contributed by atoms with E-state index < -0.39 is 5.54 Å². The van der Waals surface area contributed by atoms with Crippen molar-refractivity contribution in [2.75, 3.05) is 7.11 Å². The number of benzene rings is 1. The molecule has 0 unspecified atom stereocenters. The molecular formula is C12H17NO2. The quantitative estimate of drug-likeness (QED) is 0.814. The van der Waals surface area contributed by atoms with Crippen molar-refractivity contribution in [2.24, 2.45) is 5.73 Å². The van der Waals surface area contributed by atoms with Crippen molar-refractivity contribution < 1.29 is 9.53 Å². The van der Waals surface area contributed by atoms with E-state index in [1.807, 2.05) is 24.3 Å². The molecule has 0 heterocycles. The fraction of sp³-hybridized carbons (Fsp3) is 0.417. The minimum Gasteiger partial charge on any atom is -0.496 e. The molecule has 0 aliphatic carbocycles. The van der Waals surface area contributed by atoms with E-state index in [2.05, 4.69) is 0 Å². The van der Waals surface area contributed by atoms with E-state index in [1.165, 1.54) is 0 Å². The summed E-state index contributed by atoms with van der Waals surface area (Å²) in [6.45, 7) is 3.43. The lowest BCUT2D eigenvalue weighted by atomic mass is 9.94. The molecule has 0 aliphatic rings. The third-order valence-corrected chi connectivity index (χ3v) is 2.26. The number of ether oxygens (including phenoxy) is 1. The maximum Gasteiger partial charge on any atom is 0.156 e. The average molecular weight is 207 g/mol. The van der Waals surface area contributed by atoms with Gasteiger partial charge in [0.1, 0.15) is 5.75 Å². The Kier molecular flexibility index (Phi) is 3.48. The molecule has 3 heteroatoms. The molecular weight excluding hydrogens is 190 g/mol. The second kappa shape index (κ2) is 4.45. The number of hydrogen-bond acceptors (Lipinski definition) is 3. The van der Waals surface area contributed by atoms with Crippen LogP contribution >= 0.6 is 0 Å². The first-order valence-corrected chi connectivity index (χ1v) is 4.89. The van der Waals surface area contributed by atoms with E-state index in [0.717, 1.165) is 11.3 Å². The largest absolute Gasteiger partial charge is 0.496 e. The van der Waals surface area contributed by atoms with E-state index in [0.29, 0.717) is 6.42 Å². The molecule has 3 nitrogen and oxygen atoms in total. The molecule has 0 spiro atoms. The van der Waals surface area contributed by atoms with Crippen molar-refractivity contribution in [3.05, 3.63) is 29.8 Å². The van der Waals surface area contributed by atoms with E-state index in [4.69, 9.17) is 10.5 Å². The molecule has 0 saturated heterocycles. The number of nitrogens with two attached hydrogens (primary N) is 1. The Bertz CT molecular complexity index is 353. The summed E-state index contributed by atoms with van der Waals surface area (Å²) in [5, 5.41) is 0. The van der Waals surface area contributed by atoms with Gasteiger partial charge in [-0.3, -0.25) is 4.79 Å². The number of methoxy groups -OCH3 is 1. The zero-order valence-corrected chi connectivity index (χ0v) is 9.41. The van der Waals surface area contributed by atoms with Crippen LogP contribution < -0.4 is 10.5 Å². The van der Waals surface area contributed by atoms with Gasteiger partial charge in [-0.05, 0) is 19.9 Å². The molecule has 15 heavy (non-hydrogen) atoms. The van der Waals surface area contributed by atoms with Crippen LogP contribution in [0.25, 0.3) is 0 Å². The zero-order valence-electron chi connectivity index (χ0n) is 9.41. The smallest absolute Gasteiger partial charge is 0.156 e. The number of hydrogen-bond donors (Lipinski definition) is 1. The number of carbonyl (C=O) groups is 1. The van der Waals surface area contributed by atoms with Gasteiger partial charge in [0.15, 0.2) is 5.78 Å². The third kappa shape index (κ3) is 3.06. The van der Waals surface area contributed by atoms with Crippen LogP contribution in [0.3, 0.4) is 0 Å². The predicted molar refractivity (Wildman–Crippen MR) is 60.0 cm³/mol. The van der Waals surface area contributed by atoms with Crippen LogP contribution in [0.1, 0.15) is 19.4 Å². The highest BCUT2D eigenvalue weighted by atomic mass is 16.5. The van der Waals surface area contributed by atoms with Crippen molar-refractivity contribution >= 4 is 5.78 Å². The summed E-state index contributed by atoms with van der Waals surface area (Å²) in [5.74, 6) is 0.738. The number of Topliss-reactive ketones (excluding diaryl/α,β-unsaturated/α-hetero) is 1. The Labute approximate surface area is 90.2 Å². The van der Waals surface area contributed by atoms with Crippen LogP contribution in [-0.4, -0.2) is 18.4 Å². The lowest BCUT2D eigenvalue weighted by molar-refractivity contribution is -0.122. The summed E-state index contributed by atoms with van der Waals surface area (Å²) in [5.41, 5.74) is 5.82. The molecule has 0 aromatic heterocycles. The van der Waals surface area contributed by atoms with Crippen molar-refractivity contribution in [2.45, 2.75) is 25.8 Å². The van der Waals surface area contributed by atoms with E-state index in [-0.39, 0.29) is 5.78 Å². The summed E-state index contributed by atoms with van der Waals surface area (Å²) >= 11 is 0. The maximum atomic E-state index is 11.7. The minimum atomic E-state index is -0.791. The van der Waals surface area contributed by atoms with Gasteiger partial charge in [-0.2, -0.15) is 0 Å². The van der Waals surface area contributed by atoms with Crippen molar-refractivity contribution in [3.8, 4) is 5.75 Å². The van der Waals surface area contributed by atoms with Crippen LogP contribution in [-0.2, 0) is 11.2 Å². The van der Waals surface area contributed by atoms with Gasteiger partial charge in [-0.15, -0.1) is 0 Å². The van der Waals surface area contributed by atoms with Crippen molar-refractivity contribution in [3.63, 3.8) is 0 Å². The second-order valence-electron chi connectivity index (χ2n) is 4.13. The molecule has 2 N–H and O–H groups in total. The summed E-state index contributed by atoms with van der Waals surface area (Å²) < 4.78 is 5.17. The standard InChI is InChI=1S/C12H17NO2/c1-12(2,13)11(14)8-9-6-4-5-7-10(9)15-3/h4-7H,8,13H2,1-3H3. The highest BCUT2D eigenvalue weighted by molar-refractivity contribution is 5.89. The van der Waals surface area contributed by atoms with Gasteiger partial charge >= 0.3 is 0 Å². The molecule has 0 atom stereocenters. The molecule has 0 radical (unpaired) electrons. The van der Waals surface area contributed by atoms with Crippen molar-refractivity contribution in [1.29, 1.82) is 0 Å². The molecule has 1 aromatic carbocycles. The number of para-hydroxylation sites is 1. The topological polar surface area (TPSA) is 52.3 Å². The zero-order chi connectivity index (χ0) is 11.5. The van der Waals surface area contributed by atoms with Crippen LogP contribution in [0, 0.1) is 0 Å². The van der Waals surface area contributed by atoms with Crippen molar-refractivity contribution in [1.82, 2.24) is 0 Å². The Morgan fingerprint density at radius 3 is 2.53 bits per heavy atom. The average Bonchev–Trinajstić information content (AvgIpc) is 2.17. The van der Waals surface area contributed by atoms with Gasteiger partial charge in [-0.1, -0.05) is 18.2 Å². The van der Waals surface area contributed by atoms with Gasteiger partial charge in [0.25, 0.3) is 0 Å². The van der Waals surface area contributed by atoms with Crippen LogP contribution in [0.2, 0.25) is 0 Å². The molecule has 0 aliphatic heterocycles. The van der Waals surface area contributed by atoms with E-state index in [9.17, 15) is 4.79 Å². The number of carbonyl (C=O) groups excluding carboxylic acids is 1. The Morgan fingerprint density at radius 1 is 1.40 bits per heavy atom. The van der Waals surface area contributed by atoms with E-state index in [1.54, 1.807) is 21.0 Å². The molecule has 1 aromatic rings. The molecule has 0 fully saturated rings. The molecule has 1 rings (SSSR count). The van der Waals surface area contributed by atoms with Crippen LogP contribution in [0.5, 0.6) is 5.75 Å². The molecule has 0 amide bonds. The molecule has 0 saturated carbocycles. The lowest BCUT2D eigenvalue weighted by Gasteiger charge is -2.17. The molecule has 0 bridgehead atoms. The first-order valence-electron chi connectivity index (χ1n) is 4.89. The number of ketones is 1. The van der Waals surface area contributed by atoms with Gasteiger partial charge in [0.2, 0.25) is 0 Å². The monoisotopic (exact) mass is 207 g/mol. The highest BCUT2D eigenvalue weighted by Gasteiger charge is 2.22. The third-order valence-electron chi connectivity index (χ3n) is 2.26. The maximum absolute atomic E-state index is 11.7. The van der Waals surface area contributed by atoms with Gasteiger partial charge in [-0.25, -0.2) is 0 Å². The first-order chi connectivity index (χ1) is 6.95. The normalized spacial score (nSPS) is 11.2. The fourth-order valence-electron chi connectivity index (χ4n) is 1.25. The van der Waals surface area contributed by atoms with Gasteiger partial charge in [0, 0.05) is 12.0 Å². The second-order valence-corrected chi connectivity index (χ2v) is 4.13. The van der Waals surface area contributed by atoms with Crippen LogP contribution in [0.15, 0.2) is 24.3 Å². The summed E-state index contributed by atoms with van der Waals surface area (Å²) in [6, 6.07) is 7.48. The molecule has 82 valence electrons. The summed E-state index contributed by atoms with van der Waals surface area (Å²) in [4.78, 5) is 11.7. The summed E-state index contributed by atoms with van der Waals surface area (Å²) in [7, 11) is 1.59. The Morgan fingerprint density at radius 2 is 2.00 bits per heavy atom.